The van der Waals surface area contributed by atoms with Gasteiger partial charge in [0.15, 0.2) is 0 Å². The molecule has 0 aliphatic heterocycles. The van der Waals surface area contributed by atoms with E-state index in [-0.39, 0.29) is 6.04 Å². The minimum atomic E-state index is 0.124. The van der Waals surface area contributed by atoms with Gasteiger partial charge in [-0.1, -0.05) is 28.1 Å². The molecule has 0 spiro atoms. The highest BCUT2D eigenvalue weighted by atomic mass is 79.9. The van der Waals surface area contributed by atoms with Gasteiger partial charge >= 0.3 is 0 Å². The number of hydrazine groups is 1. The van der Waals surface area contributed by atoms with Crippen LogP contribution in [0.1, 0.15) is 30.0 Å². The smallest absolute Gasteiger partial charge is 0.0472 e. The minimum absolute atomic E-state index is 0.124. The van der Waals surface area contributed by atoms with Crippen LogP contribution in [0.25, 0.3) is 0 Å². The molecule has 0 aliphatic rings. The molecule has 0 aromatic heterocycles. The Morgan fingerprint density at radius 3 is 2.93 bits per heavy atom. The maximum absolute atomic E-state index is 5.53. The maximum Gasteiger partial charge on any atom is 0.0472 e. The van der Waals surface area contributed by atoms with E-state index < -0.39 is 0 Å². The quantitative estimate of drug-likeness (QED) is 0.500. The molecule has 80 valence electrons. The monoisotopic (exact) mass is 266 g/mol. The van der Waals surface area contributed by atoms with Crippen molar-refractivity contribution in [2.75, 3.05) is 0 Å². The van der Waals surface area contributed by atoms with Gasteiger partial charge in [-0.25, -0.2) is 0 Å². The molecule has 0 saturated carbocycles. The summed E-state index contributed by atoms with van der Waals surface area (Å²) in [5.41, 5.74) is 5.21. The SMILES string of the molecule is C#CCCC(NN)c1cccc(Br)c1C. The summed E-state index contributed by atoms with van der Waals surface area (Å²) in [7, 11) is 0. The Bertz CT molecular complexity index is 368. The standard InChI is InChI=1S/C12H15BrN2/c1-3-4-8-12(15-14)10-6-5-7-11(13)9(10)2/h1,5-7,12,15H,4,8,14H2,2H3. The van der Waals surface area contributed by atoms with Crippen LogP contribution >= 0.6 is 15.9 Å². The van der Waals surface area contributed by atoms with Gasteiger partial charge in [-0.2, -0.15) is 0 Å². The summed E-state index contributed by atoms with van der Waals surface area (Å²) in [6.45, 7) is 2.07. The van der Waals surface area contributed by atoms with E-state index in [4.69, 9.17) is 12.3 Å². The fraction of sp³-hybridized carbons (Fsp3) is 0.333. The van der Waals surface area contributed by atoms with Gasteiger partial charge in [-0.15, -0.1) is 12.3 Å². The fourth-order valence-corrected chi connectivity index (χ4v) is 1.94. The van der Waals surface area contributed by atoms with Crippen LogP contribution in [-0.2, 0) is 0 Å². The van der Waals surface area contributed by atoms with Crippen molar-refractivity contribution in [3.63, 3.8) is 0 Å². The van der Waals surface area contributed by atoms with Crippen LogP contribution < -0.4 is 11.3 Å². The molecule has 3 heteroatoms. The summed E-state index contributed by atoms with van der Waals surface area (Å²) in [5, 5.41) is 0. The van der Waals surface area contributed by atoms with Gasteiger partial charge in [0.25, 0.3) is 0 Å². The number of rotatable bonds is 4. The lowest BCUT2D eigenvalue weighted by atomic mass is 9.98. The molecule has 0 fully saturated rings. The predicted molar refractivity (Wildman–Crippen MR) is 67.0 cm³/mol. The van der Waals surface area contributed by atoms with Crippen LogP contribution in [0, 0.1) is 19.3 Å². The summed E-state index contributed by atoms with van der Waals surface area (Å²) >= 11 is 3.50. The molecule has 0 radical (unpaired) electrons. The molecule has 0 heterocycles. The normalized spacial score (nSPS) is 12.1. The van der Waals surface area contributed by atoms with E-state index in [1.54, 1.807) is 0 Å². The van der Waals surface area contributed by atoms with E-state index in [1.165, 1.54) is 11.1 Å². The first-order chi connectivity index (χ1) is 7.20. The van der Waals surface area contributed by atoms with Crippen LogP contribution in [0.2, 0.25) is 0 Å². The first kappa shape index (κ1) is 12.3. The van der Waals surface area contributed by atoms with Crippen molar-refractivity contribution in [2.45, 2.75) is 25.8 Å². The van der Waals surface area contributed by atoms with Gasteiger partial charge in [0.2, 0.25) is 0 Å². The summed E-state index contributed by atoms with van der Waals surface area (Å²) in [6, 6.07) is 6.22. The largest absolute Gasteiger partial charge is 0.271 e. The Morgan fingerprint density at radius 2 is 2.33 bits per heavy atom. The second-order valence-corrected chi connectivity index (χ2v) is 4.27. The Kier molecular flexibility index (Phi) is 4.83. The molecule has 0 aliphatic carbocycles. The highest BCUT2D eigenvalue weighted by molar-refractivity contribution is 9.10. The molecule has 1 atom stereocenters. The maximum atomic E-state index is 5.53. The van der Waals surface area contributed by atoms with E-state index in [1.807, 2.05) is 12.1 Å². The van der Waals surface area contributed by atoms with Gasteiger partial charge < -0.3 is 0 Å². The second-order valence-electron chi connectivity index (χ2n) is 3.42. The number of hydrogen-bond donors (Lipinski definition) is 2. The van der Waals surface area contributed by atoms with Crippen molar-refractivity contribution in [2.24, 2.45) is 5.84 Å². The van der Waals surface area contributed by atoms with Gasteiger partial charge in [-0.3, -0.25) is 11.3 Å². The van der Waals surface area contributed by atoms with Crippen molar-refractivity contribution < 1.29 is 0 Å². The van der Waals surface area contributed by atoms with Crippen molar-refractivity contribution >= 4 is 15.9 Å². The number of halogens is 1. The van der Waals surface area contributed by atoms with Crippen molar-refractivity contribution in [1.82, 2.24) is 5.43 Å². The van der Waals surface area contributed by atoms with Crippen molar-refractivity contribution in [3.05, 3.63) is 33.8 Å². The first-order valence-electron chi connectivity index (χ1n) is 4.85. The van der Waals surface area contributed by atoms with E-state index in [0.717, 1.165) is 17.3 Å². The van der Waals surface area contributed by atoms with Gasteiger partial charge in [0, 0.05) is 16.9 Å². The van der Waals surface area contributed by atoms with Gasteiger partial charge in [0.1, 0.15) is 0 Å². The predicted octanol–water partition coefficient (Wildman–Crippen LogP) is 2.68. The highest BCUT2D eigenvalue weighted by Gasteiger charge is 2.12. The third kappa shape index (κ3) is 3.07. The molecule has 1 aromatic rings. The van der Waals surface area contributed by atoms with E-state index >= 15 is 0 Å². The number of nitrogens with two attached hydrogens (primary N) is 1. The Morgan fingerprint density at radius 1 is 1.60 bits per heavy atom. The number of hydrogen-bond acceptors (Lipinski definition) is 2. The molecular weight excluding hydrogens is 252 g/mol. The Balaban J connectivity index is 2.92. The molecule has 1 aromatic carbocycles. The zero-order chi connectivity index (χ0) is 11.3. The van der Waals surface area contributed by atoms with Crippen LogP contribution in [-0.4, -0.2) is 0 Å². The summed E-state index contributed by atoms with van der Waals surface area (Å²) in [4.78, 5) is 0. The number of nitrogens with one attached hydrogen (secondary N) is 1. The topological polar surface area (TPSA) is 38.0 Å². The zero-order valence-corrected chi connectivity index (χ0v) is 10.3. The highest BCUT2D eigenvalue weighted by Crippen LogP contribution is 2.26. The van der Waals surface area contributed by atoms with Crippen LogP contribution in [0.5, 0.6) is 0 Å². The summed E-state index contributed by atoms with van der Waals surface area (Å²) in [5.74, 6) is 8.16. The van der Waals surface area contributed by atoms with Crippen LogP contribution in [0.15, 0.2) is 22.7 Å². The summed E-state index contributed by atoms with van der Waals surface area (Å²) < 4.78 is 1.10. The van der Waals surface area contributed by atoms with Crippen LogP contribution in [0.3, 0.4) is 0 Å². The molecule has 1 rings (SSSR count). The average Bonchev–Trinajstić information content (AvgIpc) is 2.25. The third-order valence-corrected chi connectivity index (χ3v) is 3.32. The molecule has 3 N–H and O–H groups in total. The zero-order valence-electron chi connectivity index (χ0n) is 8.76. The molecule has 2 nitrogen and oxygen atoms in total. The van der Waals surface area contributed by atoms with Crippen LogP contribution in [0.4, 0.5) is 0 Å². The Labute approximate surface area is 99.3 Å². The average molecular weight is 267 g/mol. The molecule has 0 amide bonds. The van der Waals surface area contributed by atoms with Crippen molar-refractivity contribution in [1.29, 1.82) is 0 Å². The second kappa shape index (κ2) is 5.92. The third-order valence-electron chi connectivity index (χ3n) is 2.46. The Hall–Kier alpha value is -0.820. The van der Waals surface area contributed by atoms with Gasteiger partial charge in [-0.05, 0) is 30.5 Å². The summed E-state index contributed by atoms with van der Waals surface area (Å²) in [6.07, 6.45) is 6.82. The molecule has 1 unspecified atom stereocenters. The molecule has 15 heavy (non-hydrogen) atoms. The molecular formula is C12H15BrN2. The van der Waals surface area contributed by atoms with E-state index in [9.17, 15) is 0 Å². The number of terminal acetylenes is 1. The van der Waals surface area contributed by atoms with Gasteiger partial charge in [0.05, 0.1) is 0 Å². The van der Waals surface area contributed by atoms with Crippen molar-refractivity contribution in [3.8, 4) is 12.3 Å². The fourth-order valence-electron chi connectivity index (χ4n) is 1.56. The lowest BCUT2D eigenvalue weighted by Gasteiger charge is -2.18. The number of benzene rings is 1. The van der Waals surface area contributed by atoms with E-state index in [2.05, 4.69) is 40.3 Å². The first-order valence-corrected chi connectivity index (χ1v) is 5.64. The molecule has 0 saturated heterocycles. The lowest BCUT2D eigenvalue weighted by molar-refractivity contribution is 0.521. The minimum Gasteiger partial charge on any atom is -0.271 e. The molecule has 0 bridgehead atoms. The van der Waals surface area contributed by atoms with E-state index in [0.29, 0.717) is 0 Å². The lowest BCUT2D eigenvalue weighted by Crippen LogP contribution is -2.28.